The van der Waals surface area contributed by atoms with Gasteiger partial charge in [-0.3, -0.25) is 0 Å². The lowest BCUT2D eigenvalue weighted by Crippen LogP contribution is -2.12. The Morgan fingerprint density at radius 2 is 1.82 bits per heavy atom. The van der Waals surface area contributed by atoms with Crippen LogP contribution in [0.3, 0.4) is 0 Å². The molecule has 7 heteroatoms. The number of rotatable bonds is 4. The summed E-state index contributed by atoms with van der Waals surface area (Å²) in [5.41, 5.74) is 0. The van der Waals surface area contributed by atoms with Crippen molar-refractivity contribution in [3.63, 3.8) is 0 Å². The largest absolute Gasteiger partial charge is 0.491 e. The highest BCUT2D eigenvalue weighted by atomic mass is 79.9. The van der Waals surface area contributed by atoms with Crippen LogP contribution in [-0.4, -0.2) is 15.0 Å². The number of halogens is 2. The zero-order valence-corrected chi connectivity index (χ0v) is 12.8. The Hall–Kier alpha value is -0.110. The Bertz CT molecular complexity index is 517. The van der Waals surface area contributed by atoms with Gasteiger partial charge in [0.15, 0.2) is 0 Å². The smallest absolute Gasteiger partial charge is 0.238 e. The SMILES string of the molecule is NS(=O)(=O)c1cc(Br)c(OCC2CC2)c(Br)c1. The maximum Gasteiger partial charge on any atom is 0.238 e. The molecule has 1 aromatic carbocycles. The molecule has 0 heterocycles. The fourth-order valence-electron chi connectivity index (χ4n) is 1.32. The Morgan fingerprint density at radius 3 is 2.24 bits per heavy atom. The first-order valence-electron chi connectivity index (χ1n) is 5.02. The van der Waals surface area contributed by atoms with Gasteiger partial charge < -0.3 is 4.74 Å². The van der Waals surface area contributed by atoms with E-state index in [4.69, 9.17) is 9.88 Å². The van der Waals surface area contributed by atoms with Gasteiger partial charge in [-0.2, -0.15) is 0 Å². The minimum absolute atomic E-state index is 0.0509. The van der Waals surface area contributed by atoms with Gasteiger partial charge in [-0.25, -0.2) is 13.6 Å². The van der Waals surface area contributed by atoms with E-state index in [1.165, 1.54) is 25.0 Å². The molecule has 1 saturated carbocycles. The minimum atomic E-state index is -3.70. The lowest BCUT2D eigenvalue weighted by Gasteiger charge is -2.11. The number of benzene rings is 1. The van der Waals surface area contributed by atoms with E-state index >= 15 is 0 Å². The van der Waals surface area contributed by atoms with Gasteiger partial charge in [0.05, 0.1) is 20.4 Å². The first kappa shape index (κ1) is 13.3. The van der Waals surface area contributed by atoms with Crippen LogP contribution in [0.15, 0.2) is 26.0 Å². The molecule has 4 nitrogen and oxygen atoms in total. The summed E-state index contributed by atoms with van der Waals surface area (Å²) in [5, 5.41) is 5.07. The van der Waals surface area contributed by atoms with Gasteiger partial charge in [0, 0.05) is 0 Å². The lowest BCUT2D eigenvalue weighted by molar-refractivity contribution is 0.296. The van der Waals surface area contributed by atoms with E-state index < -0.39 is 10.0 Å². The van der Waals surface area contributed by atoms with E-state index in [1.54, 1.807) is 0 Å². The molecule has 0 saturated heterocycles. The molecule has 2 N–H and O–H groups in total. The molecule has 0 aromatic heterocycles. The molecule has 0 aliphatic heterocycles. The summed E-state index contributed by atoms with van der Waals surface area (Å²) >= 11 is 6.57. The van der Waals surface area contributed by atoms with E-state index in [9.17, 15) is 8.42 Å². The Balaban J connectivity index is 2.27. The molecule has 0 radical (unpaired) electrons. The number of sulfonamides is 1. The highest BCUT2D eigenvalue weighted by molar-refractivity contribution is 9.11. The summed E-state index contributed by atoms with van der Waals surface area (Å²) in [4.78, 5) is 0.0509. The highest BCUT2D eigenvalue weighted by Gasteiger charge is 2.23. The first-order chi connectivity index (χ1) is 7.88. The average Bonchev–Trinajstić information content (AvgIpc) is 2.98. The summed E-state index contributed by atoms with van der Waals surface area (Å²) in [6.45, 7) is 0.659. The topological polar surface area (TPSA) is 69.4 Å². The molecule has 2 rings (SSSR count). The Kier molecular flexibility index (Phi) is 3.82. The molecule has 17 heavy (non-hydrogen) atoms. The van der Waals surface area contributed by atoms with Gasteiger partial charge in [0.25, 0.3) is 0 Å². The number of hydrogen-bond acceptors (Lipinski definition) is 3. The van der Waals surface area contributed by atoms with Crippen LogP contribution in [0.4, 0.5) is 0 Å². The molecule has 1 aliphatic rings. The van der Waals surface area contributed by atoms with E-state index in [-0.39, 0.29) is 4.90 Å². The second kappa shape index (κ2) is 4.87. The standard InChI is InChI=1S/C10H11Br2NO3S/c11-8-3-7(17(13,14)15)4-9(12)10(8)16-5-6-1-2-6/h3-4,6H,1-2,5H2,(H2,13,14,15). The molecule has 94 valence electrons. The minimum Gasteiger partial charge on any atom is -0.491 e. The number of nitrogens with two attached hydrogens (primary N) is 1. The first-order valence-corrected chi connectivity index (χ1v) is 8.16. The third kappa shape index (κ3) is 3.43. The Morgan fingerprint density at radius 1 is 1.29 bits per heavy atom. The molecule has 0 unspecified atom stereocenters. The van der Waals surface area contributed by atoms with Crippen molar-refractivity contribution in [1.82, 2.24) is 0 Å². The molecular weight excluding hydrogens is 374 g/mol. The lowest BCUT2D eigenvalue weighted by atomic mass is 10.3. The maximum atomic E-state index is 11.2. The molecule has 1 aromatic rings. The van der Waals surface area contributed by atoms with Gasteiger partial charge in [-0.05, 0) is 62.8 Å². The fourth-order valence-corrected chi connectivity index (χ4v) is 3.61. The number of hydrogen-bond donors (Lipinski definition) is 1. The zero-order chi connectivity index (χ0) is 12.6. The van der Waals surface area contributed by atoms with Crippen molar-refractivity contribution in [3.05, 3.63) is 21.1 Å². The average molecular weight is 385 g/mol. The van der Waals surface area contributed by atoms with Gasteiger partial charge >= 0.3 is 0 Å². The van der Waals surface area contributed by atoms with Crippen LogP contribution in [0.1, 0.15) is 12.8 Å². The third-order valence-corrected chi connectivity index (χ3v) is 4.53. The predicted molar refractivity (Wildman–Crippen MR) is 71.4 cm³/mol. The predicted octanol–water partition coefficient (Wildman–Crippen LogP) is 2.65. The van der Waals surface area contributed by atoms with Crippen molar-refractivity contribution in [3.8, 4) is 5.75 Å². The Labute approximate surface area is 117 Å². The van der Waals surface area contributed by atoms with Crippen LogP contribution in [0.25, 0.3) is 0 Å². The van der Waals surface area contributed by atoms with Crippen LogP contribution >= 0.6 is 31.9 Å². The molecule has 0 amide bonds. The molecule has 0 atom stereocenters. The van der Waals surface area contributed by atoms with Crippen LogP contribution < -0.4 is 9.88 Å². The van der Waals surface area contributed by atoms with Crippen molar-refractivity contribution >= 4 is 41.9 Å². The van der Waals surface area contributed by atoms with Crippen LogP contribution in [0.5, 0.6) is 5.75 Å². The van der Waals surface area contributed by atoms with Gasteiger partial charge in [-0.1, -0.05) is 0 Å². The van der Waals surface area contributed by atoms with Crippen molar-refractivity contribution in [1.29, 1.82) is 0 Å². The molecule has 0 spiro atoms. The normalized spacial score (nSPS) is 15.9. The van der Waals surface area contributed by atoms with E-state index in [2.05, 4.69) is 31.9 Å². The van der Waals surface area contributed by atoms with E-state index in [0.29, 0.717) is 27.2 Å². The number of primary sulfonamides is 1. The second-order valence-electron chi connectivity index (χ2n) is 4.02. The second-order valence-corrected chi connectivity index (χ2v) is 7.29. The van der Waals surface area contributed by atoms with Crippen molar-refractivity contribution in [2.75, 3.05) is 6.61 Å². The van der Waals surface area contributed by atoms with E-state index in [1.807, 2.05) is 0 Å². The molecular formula is C10H11Br2NO3S. The van der Waals surface area contributed by atoms with Crippen LogP contribution in [-0.2, 0) is 10.0 Å². The quantitative estimate of drug-likeness (QED) is 0.867. The zero-order valence-electron chi connectivity index (χ0n) is 8.82. The monoisotopic (exact) mass is 383 g/mol. The van der Waals surface area contributed by atoms with Crippen LogP contribution in [0, 0.1) is 5.92 Å². The molecule has 1 aliphatic carbocycles. The maximum absolute atomic E-state index is 11.2. The van der Waals surface area contributed by atoms with Crippen LogP contribution in [0.2, 0.25) is 0 Å². The summed E-state index contributed by atoms with van der Waals surface area (Å²) in [5.74, 6) is 1.25. The summed E-state index contributed by atoms with van der Waals surface area (Å²) in [6.07, 6.45) is 2.40. The molecule has 0 bridgehead atoms. The summed E-state index contributed by atoms with van der Waals surface area (Å²) in [7, 11) is -3.70. The van der Waals surface area contributed by atoms with Gasteiger partial charge in [0.2, 0.25) is 10.0 Å². The van der Waals surface area contributed by atoms with E-state index in [0.717, 1.165) is 0 Å². The van der Waals surface area contributed by atoms with Crippen molar-refractivity contribution in [2.24, 2.45) is 11.1 Å². The number of ether oxygens (including phenoxy) is 1. The van der Waals surface area contributed by atoms with Gasteiger partial charge in [0.1, 0.15) is 5.75 Å². The summed E-state index contributed by atoms with van der Waals surface area (Å²) in [6, 6.07) is 2.89. The highest BCUT2D eigenvalue weighted by Crippen LogP contribution is 2.37. The third-order valence-electron chi connectivity index (χ3n) is 2.46. The summed E-state index contributed by atoms with van der Waals surface area (Å²) < 4.78 is 29.2. The van der Waals surface area contributed by atoms with Gasteiger partial charge in [-0.15, -0.1) is 0 Å². The molecule has 1 fully saturated rings. The van der Waals surface area contributed by atoms with Crippen molar-refractivity contribution in [2.45, 2.75) is 17.7 Å². The van der Waals surface area contributed by atoms with Crippen molar-refractivity contribution < 1.29 is 13.2 Å². The fraction of sp³-hybridized carbons (Fsp3) is 0.400.